The molecule has 1 heterocycles. The maximum Gasteiger partial charge on any atom is 0.534 e. The molecule has 1 aliphatic heterocycles. The lowest BCUT2D eigenvalue weighted by atomic mass is 10.1. The first-order chi connectivity index (χ1) is 33.7. The summed E-state index contributed by atoms with van der Waals surface area (Å²) in [5, 5.41) is 18.3. The predicted octanol–water partition coefficient (Wildman–Crippen LogP) is 2.65. The summed E-state index contributed by atoms with van der Waals surface area (Å²) in [4.78, 5) is 66.4. The van der Waals surface area contributed by atoms with Crippen molar-refractivity contribution in [2.24, 2.45) is 5.11 Å². The number of imide groups is 1. The van der Waals surface area contributed by atoms with Crippen LogP contribution in [0.1, 0.15) is 44.3 Å². The topological polar surface area (TPSA) is 314 Å². The second-order valence-electron chi connectivity index (χ2n) is 14.0. The maximum absolute atomic E-state index is 12.3. The molecule has 27 heteroatoms. The van der Waals surface area contributed by atoms with E-state index in [1.165, 1.54) is 20.1 Å². The average Bonchev–Trinajstić information content (AvgIpc) is 3.65. The molecule has 1 aliphatic rings. The van der Waals surface area contributed by atoms with E-state index in [4.69, 9.17) is 71.8 Å². The summed E-state index contributed by atoms with van der Waals surface area (Å²) < 4.78 is 75.9. The van der Waals surface area contributed by atoms with Crippen LogP contribution in [0.4, 0.5) is 10.5 Å². The van der Waals surface area contributed by atoms with Crippen molar-refractivity contribution < 1.29 is 95.3 Å². The second kappa shape index (κ2) is 40.8. The fourth-order valence-electron chi connectivity index (χ4n) is 5.50. The number of nitrogens with zero attached hydrogens (tertiary/aromatic N) is 5. The van der Waals surface area contributed by atoms with Crippen LogP contribution < -0.4 is 14.8 Å². The number of carbonyl (C=O) groups is 4. The standard InChI is InChI=1S/C42H68N6O21/c1-34(68-42(52)69-47-40(50)5-6-41(47)51)35-32-37(55-2)38(33-36(35)48(53)54)67-9-3-4-39(49)44-7-10-56-12-14-58-16-18-60-20-22-62-24-26-64-28-30-66-31-29-65-27-25-63-23-21-61-19-17-59-15-13-57-11-8-45-46-43/h32-34H,3-31H2,1-2H3,(H,44,49). The number of nitro groups is 1. The molecule has 0 saturated carbocycles. The molecule has 69 heavy (non-hydrogen) atoms. The maximum atomic E-state index is 12.3. The van der Waals surface area contributed by atoms with Crippen LogP contribution in [0.2, 0.25) is 0 Å². The van der Waals surface area contributed by atoms with Crippen molar-refractivity contribution in [2.75, 3.05) is 172 Å². The number of nitro benzene ring substituents is 1. The normalized spacial score (nSPS) is 12.8. The summed E-state index contributed by atoms with van der Waals surface area (Å²) in [5.74, 6) is -1.52. The molecule has 1 atom stereocenters. The van der Waals surface area contributed by atoms with Gasteiger partial charge in [0.15, 0.2) is 11.5 Å². The fraction of sp³-hybridized carbons (Fsp3) is 0.762. The van der Waals surface area contributed by atoms with Crippen molar-refractivity contribution in [3.05, 3.63) is 38.3 Å². The molecule has 0 aromatic heterocycles. The molecule has 0 radical (unpaired) electrons. The number of nitrogens with one attached hydrogen (secondary N) is 1. The molecule has 0 aliphatic carbocycles. The van der Waals surface area contributed by atoms with Crippen LogP contribution >= 0.6 is 0 Å². The van der Waals surface area contributed by atoms with Gasteiger partial charge >= 0.3 is 6.16 Å². The number of azide groups is 1. The van der Waals surface area contributed by atoms with Gasteiger partial charge in [0.2, 0.25) is 5.91 Å². The van der Waals surface area contributed by atoms with Crippen LogP contribution in [-0.4, -0.2) is 206 Å². The lowest BCUT2D eigenvalue weighted by Crippen LogP contribution is -2.32. The Labute approximate surface area is 400 Å². The van der Waals surface area contributed by atoms with Crippen molar-refractivity contribution >= 4 is 29.6 Å². The first-order valence-corrected chi connectivity index (χ1v) is 22.5. The first-order valence-electron chi connectivity index (χ1n) is 22.5. The highest BCUT2D eigenvalue weighted by Crippen LogP contribution is 2.38. The van der Waals surface area contributed by atoms with E-state index in [2.05, 4.69) is 20.2 Å². The summed E-state index contributed by atoms with van der Waals surface area (Å²) in [7, 11) is 1.32. The lowest BCUT2D eigenvalue weighted by molar-refractivity contribution is -0.386. The van der Waals surface area contributed by atoms with Crippen molar-refractivity contribution in [3.8, 4) is 11.5 Å². The Balaban J connectivity index is 1.32. The van der Waals surface area contributed by atoms with Crippen molar-refractivity contribution in [3.63, 3.8) is 0 Å². The summed E-state index contributed by atoms with van der Waals surface area (Å²) in [5.41, 5.74) is 7.65. The van der Waals surface area contributed by atoms with E-state index in [0.717, 1.165) is 6.07 Å². The van der Waals surface area contributed by atoms with E-state index in [9.17, 15) is 29.3 Å². The van der Waals surface area contributed by atoms with Gasteiger partial charge in [0.05, 0.1) is 176 Å². The number of hydrogen-bond acceptors (Lipinski definition) is 22. The van der Waals surface area contributed by atoms with E-state index in [-0.39, 0.29) is 68.4 Å². The number of rotatable bonds is 46. The summed E-state index contributed by atoms with van der Waals surface area (Å²) in [6.07, 6.45) is -2.45. The zero-order chi connectivity index (χ0) is 50.0. The minimum absolute atomic E-state index is 0.0305. The minimum Gasteiger partial charge on any atom is -0.493 e. The zero-order valence-electron chi connectivity index (χ0n) is 39.5. The van der Waals surface area contributed by atoms with Gasteiger partial charge in [0.25, 0.3) is 17.5 Å². The second-order valence-corrected chi connectivity index (χ2v) is 14.0. The van der Waals surface area contributed by atoms with Gasteiger partial charge in [-0.15, -0.1) is 0 Å². The number of hydrogen-bond donors (Lipinski definition) is 1. The third kappa shape index (κ3) is 30.2. The Morgan fingerprint density at radius 3 is 1.51 bits per heavy atom. The fourth-order valence-corrected chi connectivity index (χ4v) is 5.50. The third-order valence-electron chi connectivity index (χ3n) is 8.89. The molecule has 1 aromatic rings. The van der Waals surface area contributed by atoms with E-state index in [1.54, 1.807) is 0 Å². The quantitative estimate of drug-likeness (QED) is 0.0143. The van der Waals surface area contributed by atoms with Gasteiger partial charge in [-0.2, -0.15) is 0 Å². The van der Waals surface area contributed by atoms with Crippen molar-refractivity contribution in [1.82, 2.24) is 10.4 Å². The zero-order valence-corrected chi connectivity index (χ0v) is 39.5. The van der Waals surface area contributed by atoms with Crippen molar-refractivity contribution in [1.29, 1.82) is 0 Å². The Morgan fingerprint density at radius 1 is 0.681 bits per heavy atom. The van der Waals surface area contributed by atoms with Gasteiger partial charge in [-0.3, -0.25) is 29.3 Å². The average molecular weight is 993 g/mol. The third-order valence-corrected chi connectivity index (χ3v) is 8.89. The van der Waals surface area contributed by atoms with Gasteiger partial charge < -0.3 is 71.6 Å². The SMILES string of the molecule is COc1cc(C(C)OC(=O)ON2C(=O)CCC2=O)c([N+](=O)[O-])cc1OCCCC(=O)NCCOCCOCCOCCOCCOCCOCCOCCOCCOCCOCCOCCN=[N+]=[N-]. The largest absolute Gasteiger partial charge is 0.534 e. The monoisotopic (exact) mass is 992 g/mol. The van der Waals surface area contributed by atoms with Gasteiger partial charge in [-0.25, -0.2) is 4.79 Å². The Kier molecular flexibility index (Phi) is 35.5. The highest BCUT2D eigenvalue weighted by Gasteiger charge is 2.34. The highest BCUT2D eigenvalue weighted by atomic mass is 16.8. The number of ether oxygens (including phenoxy) is 14. The summed E-state index contributed by atoms with van der Waals surface area (Å²) in [6.45, 7) is 11.3. The Bertz CT molecular complexity index is 1630. The molecule has 1 N–H and O–H groups in total. The van der Waals surface area contributed by atoms with E-state index >= 15 is 0 Å². The number of methoxy groups -OCH3 is 1. The van der Waals surface area contributed by atoms with Crippen LogP contribution in [0.3, 0.4) is 0 Å². The smallest absolute Gasteiger partial charge is 0.493 e. The molecule has 1 aromatic carbocycles. The van der Waals surface area contributed by atoms with Crippen LogP contribution in [0.5, 0.6) is 11.5 Å². The lowest BCUT2D eigenvalue weighted by Gasteiger charge is -2.18. The van der Waals surface area contributed by atoms with Crippen LogP contribution in [0.15, 0.2) is 17.2 Å². The predicted molar refractivity (Wildman–Crippen MR) is 237 cm³/mol. The molecule has 27 nitrogen and oxygen atoms in total. The van der Waals surface area contributed by atoms with E-state index in [1.807, 2.05) is 0 Å². The number of hydroxylamine groups is 2. The highest BCUT2D eigenvalue weighted by molar-refractivity contribution is 6.01. The summed E-state index contributed by atoms with van der Waals surface area (Å²) in [6, 6.07) is 2.37. The van der Waals surface area contributed by atoms with Crippen LogP contribution in [0, 0.1) is 10.1 Å². The minimum atomic E-state index is -1.40. The number of carbonyl (C=O) groups excluding carboxylic acids is 4. The molecule has 2 rings (SSSR count). The molecule has 0 spiro atoms. The molecule has 1 fully saturated rings. The molecule has 1 saturated heterocycles. The van der Waals surface area contributed by atoms with Crippen LogP contribution in [0.25, 0.3) is 10.4 Å². The number of benzene rings is 1. The van der Waals surface area contributed by atoms with Crippen LogP contribution in [-0.2, 0) is 76.1 Å². The summed E-state index contributed by atoms with van der Waals surface area (Å²) >= 11 is 0. The Hall–Kier alpha value is -5.03. The number of amides is 3. The molecule has 0 bridgehead atoms. The van der Waals surface area contributed by atoms with E-state index < -0.39 is 34.7 Å². The molecule has 1 unspecified atom stereocenters. The molecular formula is C42H68N6O21. The first kappa shape index (κ1) is 60.1. The van der Waals surface area contributed by atoms with Gasteiger partial charge in [0.1, 0.15) is 6.10 Å². The van der Waals surface area contributed by atoms with Gasteiger partial charge in [0, 0.05) is 37.3 Å². The van der Waals surface area contributed by atoms with E-state index in [0.29, 0.717) is 150 Å². The molecule has 3 amide bonds. The molecular weight excluding hydrogens is 924 g/mol. The van der Waals surface area contributed by atoms with Gasteiger partial charge in [-0.05, 0) is 24.9 Å². The molecule has 392 valence electrons. The Morgan fingerprint density at radius 2 is 1.10 bits per heavy atom. The van der Waals surface area contributed by atoms with Gasteiger partial charge in [-0.1, -0.05) is 10.2 Å². The van der Waals surface area contributed by atoms with Crippen molar-refractivity contribution in [2.45, 2.75) is 38.7 Å².